The van der Waals surface area contributed by atoms with Crippen LogP contribution in [0.3, 0.4) is 0 Å². The van der Waals surface area contributed by atoms with Crippen LogP contribution in [0, 0.1) is 24.0 Å². The molecule has 2 aromatic carbocycles. The van der Waals surface area contributed by atoms with E-state index in [1.54, 1.807) is 22.6 Å². The van der Waals surface area contributed by atoms with Crippen molar-refractivity contribution in [3.8, 4) is 11.3 Å². The second-order valence-electron chi connectivity index (χ2n) is 7.22. The molecule has 0 N–H and O–H groups in total. The predicted molar refractivity (Wildman–Crippen MR) is 121 cm³/mol. The van der Waals surface area contributed by atoms with Gasteiger partial charge < -0.3 is 4.42 Å². The normalized spacial score (nSPS) is 12.3. The van der Waals surface area contributed by atoms with Crippen LogP contribution in [0.1, 0.15) is 16.9 Å². The Kier molecular flexibility index (Phi) is 4.42. The molecule has 0 aliphatic carbocycles. The molecule has 0 fully saturated rings. The molecule has 0 saturated carbocycles. The molecular formula is C22H14ClN3O4S. The van der Waals surface area contributed by atoms with Crippen molar-refractivity contribution in [3.05, 3.63) is 89.4 Å². The van der Waals surface area contributed by atoms with Crippen molar-refractivity contribution in [2.24, 2.45) is 0 Å². The Hall–Kier alpha value is -3.49. The van der Waals surface area contributed by atoms with Gasteiger partial charge in [0, 0.05) is 23.8 Å². The largest absolute Gasteiger partial charge is 0.457 e. The number of halogens is 1. The smallest absolute Gasteiger partial charge is 0.275 e. The second-order valence-corrected chi connectivity index (χ2v) is 8.63. The van der Waals surface area contributed by atoms with Gasteiger partial charge in [-0.1, -0.05) is 29.0 Å². The number of non-ortho nitro benzene ring substituents is 1. The molecule has 3 heterocycles. The van der Waals surface area contributed by atoms with Crippen molar-refractivity contribution in [1.82, 2.24) is 9.38 Å². The van der Waals surface area contributed by atoms with Crippen LogP contribution in [0.2, 0.25) is 5.02 Å². The fourth-order valence-corrected chi connectivity index (χ4v) is 4.80. The maximum Gasteiger partial charge on any atom is 0.275 e. The fraction of sp³-hybridized carbons (Fsp3) is 0.0909. The van der Waals surface area contributed by atoms with Crippen molar-refractivity contribution in [2.45, 2.75) is 13.8 Å². The zero-order valence-electron chi connectivity index (χ0n) is 16.4. The highest BCUT2D eigenvalue weighted by atomic mass is 35.5. The molecule has 0 bridgehead atoms. The number of nitro benzene ring substituents is 1. The molecule has 0 unspecified atom stereocenters. The van der Waals surface area contributed by atoms with E-state index in [1.807, 2.05) is 26.0 Å². The highest BCUT2D eigenvalue weighted by Crippen LogP contribution is 2.32. The summed E-state index contributed by atoms with van der Waals surface area (Å²) in [4.78, 5) is 28.9. The number of fused-ring (bicyclic) bond motifs is 3. The Morgan fingerprint density at radius 3 is 2.77 bits per heavy atom. The van der Waals surface area contributed by atoms with Crippen LogP contribution < -0.4 is 10.1 Å². The van der Waals surface area contributed by atoms with Crippen molar-refractivity contribution in [2.75, 3.05) is 0 Å². The molecule has 3 aromatic heterocycles. The van der Waals surface area contributed by atoms with Gasteiger partial charge in [0.15, 0.2) is 4.96 Å². The van der Waals surface area contributed by atoms with Crippen molar-refractivity contribution in [3.63, 3.8) is 0 Å². The summed E-state index contributed by atoms with van der Waals surface area (Å²) in [6.07, 6.45) is 1.64. The van der Waals surface area contributed by atoms with Crippen molar-refractivity contribution in [1.29, 1.82) is 0 Å². The van der Waals surface area contributed by atoms with Crippen LogP contribution in [-0.2, 0) is 0 Å². The van der Waals surface area contributed by atoms with Gasteiger partial charge in [0.05, 0.1) is 21.0 Å². The van der Waals surface area contributed by atoms with Gasteiger partial charge in [0.1, 0.15) is 16.1 Å². The van der Waals surface area contributed by atoms with Gasteiger partial charge in [-0.25, -0.2) is 9.38 Å². The van der Waals surface area contributed by atoms with Gasteiger partial charge in [0.25, 0.3) is 11.2 Å². The average molecular weight is 452 g/mol. The standard InChI is InChI=1S/C22H14ClN3O4S/c1-11-7-12(2)20-17(8-11)25-21(27)19(31-22(25)24-20)10-14-4-6-18(30-14)15-9-13(26(28)29)3-5-16(15)23/h3-10H,1-2H3/b19-10-. The zero-order valence-corrected chi connectivity index (χ0v) is 18.0. The predicted octanol–water partition coefficient (Wildman–Crippen LogP) is 4.90. The van der Waals surface area contributed by atoms with Gasteiger partial charge in [-0.3, -0.25) is 14.9 Å². The number of nitrogens with zero attached hydrogens (tertiary/aromatic N) is 3. The summed E-state index contributed by atoms with van der Waals surface area (Å²) in [7, 11) is 0. The number of aryl methyl sites for hydroxylation is 2. The molecule has 9 heteroatoms. The van der Waals surface area contributed by atoms with Gasteiger partial charge >= 0.3 is 0 Å². The van der Waals surface area contributed by atoms with E-state index in [-0.39, 0.29) is 11.2 Å². The Bertz CT molecular complexity index is 1630. The third-order valence-corrected chi connectivity index (χ3v) is 6.30. The lowest BCUT2D eigenvalue weighted by Crippen LogP contribution is -2.22. The van der Waals surface area contributed by atoms with Gasteiger partial charge in [-0.2, -0.15) is 0 Å². The van der Waals surface area contributed by atoms with Gasteiger partial charge in [-0.05, 0) is 49.2 Å². The highest BCUT2D eigenvalue weighted by molar-refractivity contribution is 7.15. The lowest BCUT2D eigenvalue weighted by molar-refractivity contribution is -0.384. The maximum absolute atomic E-state index is 13.0. The molecular weight excluding hydrogens is 438 g/mol. The lowest BCUT2D eigenvalue weighted by atomic mass is 10.1. The first-order chi connectivity index (χ1) is 14.8. The number of furan rings is 1. The summed E-state index contributed by atoms with van der Waals surface area (Å²) < 4.78 is 7.92. The minimum Gasteiger partial charge on any atom is -0.457 e. The van der Waals surface area contributed by atoms with E-state index in [0.717, 1.165) is 22.2 Å². The van der Waals surface area contributed by atoms with E-state index in [0.29, 0.717) is 31.6 Å². The van der Waals surface area contributed by atoms with Crippen LogP contribution in [0.25, 0.3) is 33.4 Å². The SMILES string of the molecule is Cc1cc(C)c2nc3s/c(=C\c4ccc(-c5cc([N+](=O)[O-])ccc5Cl)o4)c(=O)n3c2c1. The number of benzene rings is 2. The third kappa shape index (κ3) is 3.20. The van der Waals surface area contributed by atoms with E-state index in [2.05, 4.69) is 4.98 Å². The molecule has 0 atom stereocenters. The van der Waals surface area contributed by atoms with Crippen LogP contribution in [0.4, 0.5) is 5.69 Å². The quantitative estimate of drug-likeness (QED) is 0.287. The average Bonchev–Trinajstić information content (AvgIpc) is 3.39. The molecule has 5 rings (SSSR count). The Morgan fingerprint density at radius 2 is 2.00 bits per heavy atom. The monoisotopic (exact) mass is 451 g/mol. The summed E-state index contributed by atoms with van der Waals surface area (Å²) in [5.74, 6) is 0.821. The third-order valence-electron chi connectivity index (χ3n) is 5.01. The number of imidazole rings is 1. The first-order valence-corrected chi connectivity index (χ1v) is 10.5. The maximum atomic E-state index is 13.0. The van der Waals surface area contributed by atoms with E-state index in [4.69, 9.17) is 16.0 Å². The topological polar surface area (TPSA) is 90.7 Å². The molecule has 0 aliphatic rings. The second kappa shape index (κ2) is 7.04. The summed E-state index contributed by atoms with van der Waals surface area (Å²) >= 11 is 7.48. The minimum absolute atomic E-state index is 0.0832. The fourth-order valence-electron chi connectivity index (χ4n) is 3.63. The summed E-state index contributed by atoms with van der Waals surface area (Å²) in [6, 6.07) is 11.5. The van der Waals surface area contributed by atoms with E-state index in [1.165, 1.54) is 29.5 Å². The summed E-state index contributed by atoms with van der Waals surface area (Å²) in [5, 5.41) is 11.4. The summed E-state index contributed by atoms with van der Waals surface area (Å²) in [6.45, 7) is 3.96. The number of aromatic nitrogens is 2. The molecule has 0 radical (unpaired) electrons. The molecule has 7 nitrogen and oxygen atoms in total. The number of hydrogen-bond acceptors (Lipinski definition) is 6. The van der Waals surface area contributed by atoms with Crippen LogP contribution in [0.15, 0.2) is 51.7 Å². The van der Waals surface area contributed by atoms with Crippen LogP contribution >= 0.6 is 22.9 Å². The molecule has 0 amide bonds. The molecule has 5 aromatic rings. The van der Waals surface area contributed by atoms with Crippen molar-refractivity contribution < 1.29 is 9.34 Å². The Balaban J connectivity index is 1.62. The molecule has 0 saturated heterocycles. The highest BCUT2D eigenvalue weighted by Gasteiger charge is 2.16. The Labute approximate surface area is 184 Å². The number of rotatable bonds is 3. The molecule has 0 spiro atoms. The zero-order chi connectivity index (χ0) is 21.9. The van der Waals surface area contributed by atoms with E-state index in [9.17, 15) is 14.9 Å². The summed E-state index contributed by atoms with van der Waals surface area (Å²) in [5.41, 5.74) is 3.86. The lowest BCUT2D eigenvalue weighted by Gasteiger charge is -2.00. The first kappa shape index (κ1) is 19.5. The van der Waals surface area contributed by atoms with Crippen molar-refractivity contribution >= 4 is 50.7 Å². The first-order valence-electron chi connectivity index (χ1n) is 9.30. The number of hydrogen-bond donors (Lipinski definition) is 0. The minimum atomic E-state index is -0.491. The van der Waals surface area contributed by atoms with E-state index >= 15 is 0 Å². The molecule has 154 valence electrons. The van der Waals surface area contributed by atoms with Crippen LogP contribution in [0.5, 0.6) is 0 Å². The molecule has 0 aliphatic heterocycles. The Morgan fingerprint density at radius 1 is 1.19 bits per heavy atom. The van der Waals surface area contributed by atoms with E-state index < -0.39 is 4.92 Å². The van der Waals surface area contributed by atoms with Gasteiger partial charge in [-0.15, -0.1) is 0 Å². The van der Waals surface area contributed by atoms with Crippen LogP contribution in [-0.4, -0.2) is 14.3 Å². The molecule has 31 heavy (non-hydrogen) atoms. The number of nitro groups is 1. The number of thiazole rings is 1. The van der Waals surface area contributed by atoms with Gasteiger partial charge in [0.2, 0.25) is 0 Å².